The van der Waals surface area contributed by atoms with Crippen LogP contribution in [-0.2, 0) is 4.74 Å². The topological polar surface area (TPSA) is 35.2 Å². The van der Waals surface area contributed by atoms with Gasteiger partial charge in [0.05, 0.1) is 12.1 Å². The minimum atomic E-state index is -0.0597. The van der Waals surface area contributed by atoms with Crippen molar-refractivity contribution in [3.05, 3.63) is 46.4 Å². The van der Waals surface area contributed by atoms with Crippen molar-refractivity contribution in [2.75, 3.05) is 6.61 Å². The third kappa shape index (κ3) is 2.31. The van der Waals surface area contributed by atoms with E-state index in [0.29, 0.717) is 5.92 Å². The van der Waals surface area contributed by atoms with Crippen molar-refractivity contribution < 1.29 is 4.74 Å². The predicted molar refractivity (Wildman–Crippen MR) is 82.1 cm³/mol. The van der Waals surface area contributed by atoms with Crippen molar-refractivity contribution in [3.63, 3.8) is 0 Å². The van der Waals surface area contributed by atoms with E-state index >= 15 is 0 Å². The van der Waals surface area contributed by atoms with Gasteiger partial charge in [-0.25, -0.2) is 0 Å². The molecule has 1 aliphatic heterocycles. The number of halogens is 1. The van der Waals surface area contributed by atoms with Crippen molar-refractivity contribution in [2.45, 2.75) is 25.5 Å². The molecule has 0 saturated carbocycles. The highest BCUT2D eigenvalue weighted by atomic mass is 79.9. The molecule has 0 bridgehead atoms. The third-order valence-electron chi connectivity index (χ3n) is 4.06. The summed E-state index contributed by atoms with van der Waals surface area (Å²) in [7, 11) is 0. The average Bonchev–Trinajstić information content (AvgIpc) is 2.85. The molecule has 3 atom stereocenters. The molecule has 3 heteroatoms. The van der Waals surface area contributed by atoms with Gasteiger partial charge in [0.2, 0.25) is 0 Å². The van der Waals surface area contributed by atoms with Crippen LogP contribution in [0.15, 0.2) is 40.9 Å². The monoisotopic (exact) mass is 319 g/mol. The van der Waals surface area contributed by atoms with Crippen molar-refractivity contribution in [2.24, 2.45) is 11.7 Å². The zero-order valence-electron chi connectivity index (χ0n) is 11.0. The second-order valence-electron chi connectivity index (χ2n) is 5.31. The molecule has 1 fully saturated rings. The molecule has 1 aliphatic rings. The first kappa shape index (κ1) is 13.1. The van der Waals surface area contributed by atoms with Gasteiger partial charge in [-0.05, 0) is 34.7 Å². The summed E-state index contributed by atoms with van der Waals surface area (Å²) < 4.78 is 6.93. The fourth-order valence-electron chi connectivity index (χ4n) is 2.93. The van der Waals surface area contributed by atoms with Crippen molar-refractivity contribution in [3.8, 4) is 0 Å². The highest BCUT2D eigenvalue weighted by molar-refractivity contribution is 9.10. The second-order valence-corrected chi connectivity index (χ2v) is 6.16. The van der Waals surface area contributed by atoms with Gasteiger partial charge in [-0.1, -0.05) is 53.2 Å². The Morgan fingerprint density at radius 2 is 1.95 bits per heavy atom. The van der Waals surface area contributed by atoms with E-state index in [9.17, 15) is 0 Å². The summed E-state index contributed by atoms with van der Waals surface area (Å²) in [5.41, 5.74) is 7.64. The zero-order chi connectivity index (χ0) is 13.4. The van der Waals surface area contributed by atoms with Crippen LogP contribution >= 0.6 is 15.9 Å². The van der Waals surface area contributed by atoms with Gasteiger partial charge in [0.15, 0.2) is 0 Å². The van der Waals surface area contributed by atoms with Crippen LogP contribution in [0.25, 0.3) is 10.8 Å². The summed E-state index contributed by atoms with van der Waals surface area (Å²) in [4.78, 5) is 0. The Kier molecular flexibility index (Phi) is 3.61. The molecule has 0 aromatic heterocycles. The number of benzene rings is 2. The highest BCUT2D eigenvalue weighted by Gasteiger charge is 2.31. The van der Waals surface area contributed by atoms with Crippen LogP contribution < -0.4 is 5.73 Å². The summed E-state index contributed by atoms with van der Waals surface area (Å²) in [6.45, 7) is 3.05. The molecule has 0 amide bonds. The van der Waals surface area contributed by atoms with Crippen molar-refractivity contribution in [1.82, 2.24) is 0 Å². The molecule has 100 valence electrons. The van der Waals surface area contributed by atoms with Gasteiger partial charge in [0.1, 0.15) is 0 Å². The SMILES string of the molecule is CC1CCOC1C(N)c1ccc(Br)c2ccccc12. The number of fused-ring (bicyclic) bond motifs is 1. The second kappa shape index (κ2) is 5.23. The van der Waals surface area contributed by atoms with E-state index < -0.39 is 0 Å². The highest BCUT2D eigenvalue weighted by Crippen LogP contribution is 2.35. The zero-order valence-corrected chi connectivity index (χ0v) is 12.6. The lowest BCUT2D eigenvalue weighted by Crippen LogP contribution is -2.30. The molecule has 0 spiro atoms. The Hall–Kier alpha value is -0.900. The molecular weight excluding hydrogens is 302 g/mol. The van der Waals surface area contributed by atoms with Crippen LogP contribution in [0, 0.1) is 5.92 Å². The minimum absolute atomic E-state index is 0.0597. The maximum absolute atomic E-state index is 6.47. The van der Waals surface area contributed by atoms with Crippen LogP contribution in [0.1, 0.15) is 24.9 Å². The van der Waals surface area contributed by atoms with Crippen molar-refractivity contribution >= 4 is 26.7 Å². The Balaban J connectivity index is 2.07. The lowest BCUT2D eigenvalue weighted by atomic mass is 9.90. The Bertz CT molecular complexity index is 598. The van der Waals surface area contributed by atoms with E-state index in [-0.39, 0.29) is 12.1 Å². The molecule has 2 aromatic carbocycles. The van der Waals surface area contributed by atoms with Gasteiger partial charge in [0.25, 0.3) is 0 Å². The van der Waals surface area contributed by atoms with Crippen LogP contribution in [0.3, 0.4) is 0 Å². The molecular formula is C16H18BrNO. The summed E-state index contributed by atoms with van der Waals surface area (Å²) >= 11 is 3.60. The molecule has 2 aromatic rings. The standard InChI is InChI=1S/C16H18BrNO/c1-10-8-9-19-16(10)15(18)13-6-7-14(17)12-5-3-2-4-11(12)13/h2-7,10,15-16H,8-9,18H2,1H3. The Labute approximate surface area is 122 Å². The molecule has 0 aliphatic carbocycles. The summed E-state index contributed by atoms with van der Waals surface area (Å²) in [6, 6.07) is 12.5. The van der Waals surface area contributed by atoms with E-state index in [1.807, 2.05) is 0 Å². The first-order chi connectivity index (χ1) is 9.18. The lowest BCUT2D eigenvalue weighted by molar-refractivity contribution is 0.0728. The smallest absolute Gasteiger partial charge is 0.0794 e. The number of nitrogens with two attached hydrogens (primary N) is 1. The molecule has 0 radical (unpaired) electrons. The van der Waals surface area contributed by atoms with Crippen LogP contribution in [0.5, 0.6) is 0 Å². The number of hydrogen-bond acceptors (Lipinski definition) is 2. The number of rotatable bonds is 2. The maximum Gasteiger partial charge on any atom is 0.0794 e. The summed E-state index contributed by atoms with van der Waals surface area (Å²) in [5.74, 6) is 0.525. The van der Waals surface area contributed by atoms with Gasteiger partial charge < -0.3 is 10.5 Å². The van der Waals surface area contributed by atoms with Gasteiger partial charge in [-0.3, -0.25) is 0 Å². The Morgan fingerprint density at radius 3 is 2.63 bits per heavy atom. The van der Waals surface area contributed by atoms with Gasteiger partial charge in [0, 0.05) is 11.1 Å². The van der Waals surface area contributed by atoms with E-state index in [2.05, 4.69) is 59.3 Å². The number of ether oxygens (including phenoxy) is 1. The van der Waals surface area contributed by atoms with Crippen LogP contribution in [-0.4, -0.2) is 12.7 Å². The van der Waals surface area contributed by atoms with E-state index in [4.69, 9.17) is 10.5 Å². The molecule has 19 heavy (non-hydrogen) atoms. The Morgan fingerprint density at radius 1 is 1.21 bits per heavy atom. The fourth-order valence-corrected chi connectivity index (χ4v) is 3.41. The lowest BCUT2D eigenvalue weighted by Gasteiger charge is -2.24. The molecule has 3 unspecified atom stereocenters. The number of hydrogen-bond donors (Lipinski definition) is 1. The normalized spacial score (nSPS) is 24.8. The molecule has 1 heterocycles. The predicted octanol–water partition coefficient (Wildman–Crippen LogP) is 4.03. The first-order valence-corrected chi connectivity index (χ1v) is 7.52. The fraction of sp³-hybridized carbons (Fsp3) is 0.375. The minimum Gasteiger partial charge on any atom is -0.376 e. The van der Waals surface area contributed by atoms with Crippen molar-refractivity contribution in [1.29, 1.82) is 0 Å². The summed E-state index contributed by atoms with van der Waals surface area (Å²) in [5, 5.41) is 2.42. The van der Waals surface area contributed by atoms with E-state index in [1.165, 1.54) is 16.3 Å². The largest absolute Gasteiger partial charge is 0.376 e. The third-order valence-corrected chi connectivity index (χ3v) is 4.75. The first-order valence-electron chi connectivity index (χ1n) is 6.73. The maximum atomic E-state index is 6.47. The summed E-state index contributed by atoms with van der Waals surface area (Å²) in [6.07, 6.45) is 1.23. The molecule has 2 N–H and O–H groups in total. The van der Waals surface area contributed by atoms with E-state index in [0.717, 1.165) is 17.5 Å². The quantitative estimate of drug-likeness (QED) is 0.907. The molecule has 3 rings (SSSR count). The van der Waals surface area contributed by atoms with Crippen LogP contribution in [0.4, 0.5) is 0 Å². The van der Waals surface area contributed by atoms with Gasteiger partial charge >= 0.3 is 0 Å². The van der Waals surface area contributed by atoms with E-state index in [1.54, 1.807) is 0 Å². The van der Waals surface area contributed by atoms with Gasteiger partial charge in [-0.15, -0.1) is 0 Å². The van der Waals surface area contributed by atoms with Crippen LogP contribution in [0.2, 0.25) is 0 Å². The van der Waals surface area contributed by atoms with Gasteiger partial charge in [-0.2, -0.15) is 0 Å². The molecule has 2 nitrogen and oxygen atoms in total. The molecule has 1 saturated heterocycles. The average molecular weight is 320 g/mol.